The molecule has 2 N–H and O–H groups in total. The monoisotopic (exact) mass is 445 g/mol. The number of aliphatic imine (C=N–C) groups is 1. The van der Waals surface area contributed by atoms with Gasteiger partial charge in [0.25, 0.3) is 0 Å². The van der Waals surface area contributed by atoms with E-state index in [1.807, 2.05) is 45.0 Å². The summed E-state index contributed by atoms with van der Waals surface area (Å²) in [4.78, 5) is 8.92. The average Bonchev–Trinajstić information content (AvgIpc) is 3.43. The first-order valence-electron chi connectivity index (χ1n) is 11.4. The summed E-state index contributed by atoms with van der Waals surface area (Å²) in [5, 5.41) is 10.5. The number of aromatic nitrogens is 2. The highest BCUT2D eigenvalue weighted by molar-refractivity contribution is 5.93. The van der Waals surface area contributed by atoms with Crippen LogP contribution in [0.2, 0.25) is 0 Å². The Morgan fingerprint density at radius 3 is 2.81 bits per heavy atom. The number of ether oxygens (including phenoxy) is 3. The highest BCUT2D eigenvalue weighted by Crippen LogP contribution is 2.17. The topological polar surface area (TPSA) is 103 Å². The van der Waals surface area contributed by atoms with E-state index in [1.165, 1.54) is 0 Å². The number of nitrogens with zero attached hydrogens (tertiary/aromatic N) is 3. The molecule has 0 radical (unpaired) electrons. The highest BCUT2D eigenvalue weighted by atomic mass is 16.5. The van der Waals surface area contributed by atoms with Crippen LogP contribution < -0.4 is 15.4 Å². The van der Waals surface area contributed by atoms with Crippen molar-refractivity contribution >= 4 is 11.6 Å². The first-order chi connectivity index (χ1) is 15.6. The van der Waals surface area contributed by atoms with Gasteiger partial charge in [-0.25, -0.2) is 0 Å². The van der Waals surface area contributed by atoms with Crippen molar-refractivity contribution in [2.24, 2.45) is 4.99 Å². The Kier molecular flexibility index (Phi) is 9.77. The number of nitrogens with one attached hydrogen (secondary N) is 2. The molecule has 1 aromatic heterocycles. The molecule has 1 fully saturated rings. The molecule has 0 spiro atoms. The molecule has 2 aromatic rings. The normalized spacial score (nSPS) is 16.5. The Morgan fingerprint density at radius 2 is 2.12 bits per heavy atom. The molecule has 1 aliphatic rings. The first-order valence-corrected chi connectivity index (χ1v) is 11.4. The zero-order valence-electron chi connectivity index (χ0n) is 19.3. The zero-order chi connectivity index (χ0) is 22.6. The van der Waals surface area contributed by atoms with E-state index in [0.717, 1.165) is 37.3 Å². The number of guanidine groups is 1. The van der Waals surface area contributed by atoms with Gasteiger partial charge < -0.3 is 29.4 Å². The molecule has 1 unspecified atom stereocenters. The van der Waals surface area contributed by atoms with Crippen molar-refractivity contribution in [3.8, 4) is 5.75 Å². The van der Waals surface area contributed by atoms with Gasteiger partial charge in [-0.15, -0.1) is 0 Å². The fourth-order valence-corrected chi connectivity index (χ4v) is 3.24. The van der Waals surface area contributed by atoms with Gasteiger partial charge in [0.1, 0.15) is 5.75 Å². The minimum atomic E-state index is 0.142. The third kappa shape index (κ3) is 8.84. The fraction of sp³-hybridized carbons (Fsp3) is 0.609. The molecule has 0 saturated carbocycles. The van der Waals surface area contributed by atoms with Crippen LogP contribution in [0.5, 0.6) is 5.75 Å². The average molecular weight is 446 g/mol. The van der Waals surface area contributed by atoms with E-state index in [4.69, 9.17) is 18.7 Å². The van der Waals surface area contributed by atoms with Crippen molar-refractivity contribution in [3.63, 3.8) is 0 Å². The number of aryl methyl sites for hydroxylation is 1. The molecule has 0 amide bonds. The summed E-state index contributed by atoms with van der Waals surface area (Å²) in [5.74, 6) is 2.77. The summed E-state index contributed by atoms with van der Waals surface area (Å²) < 4.78 is 22.2. The van der Waals surface area contributed by atoms with E-state index in [9.17, 15) is 0 Å². The maximum absolute atomic E-state index is 5.73. The second-order valence-corrected chi connectivity index (χ2v) is 8.02. The van der Waals surface area contributed by atoms with E-state index in [0.29, 0.717) is 50.4 Å². The number of hydrogen-bond donors (Lipinski definition) is 2. The van der Waals surface area contributed by atoms with E-state index in [2.05, 4.69) is 25.8 Å². The molecule has 1 saturated heterocycles. The highest BCUT2D eigenvalue weighted by Gasteiger charge is 2.14. The summed E-state index contributed by atoms with van der Waals surface area (Å²) >= 11 is 0. The SMILES string of the molecule is Cc1noc(CCNC(=NCCCOCC2CCCO2)Nc2ccc(OC(C)C)cc2)n1. The molecular weight excluding hydrogens is 410 g/mol. The van der Waals surface area contributed by atoms with E-state index < -0.39 is 0 Å². The number of anilines is 1. The number of benzene rings is 1. The van der Waals surface area contributed by atoms with Crippen LogP contribution in [-0.4, -0.2) is 61.2 Å². The molecule has 176 valence electrons. The minimum absolute atomic E-state index is 0.142. The Hall–Kier alpha value is -2.65. The van der Waals surface area contributed by atoms with Gasteiger partial charge in [-0.3, -0.25) is 4.99 Å². The summed E-state index contributed by atoms with van der Waals surface area (Å²) in [6.07, 6.45) is 4.08. The van der Waals surface area contributed by atoms with Crippen molar-refractivity contribution < 1.29 is 18.7 Å². The smallest absolute Gasteiger partial charge is 0.228 e. The largest absolute Gasteiger partial charge is 0.491 e. The second-order valence-electron chi connectivity index (χ2n) is 8.02. The van der Waals surface area contributed by atoms with Crippen LogP contribution in [0.25, 0.3) is 0 Å². The van der Waals surface area contributed by atoms with E-state index >= 15 is 0 Å². The second kappa shape index (κ2) is 13.0. The van der Waals surface area contributed by atoms with Crippen LogP contribution in [0.1, 0.15) is 44.8 Å². The van der Waals surface area contributed by atoms with Crippen molar-refractivity contribution in [2.75, 3.05) is 38.2 Å². The Morgan fingerprint density at radius 1 is 1.28 bits per heavy atom. The van der Waals surface area contributed by atoms with Crippen LogP contribution in [0, 0.1) is 6.92 Å². The molecular formula is C23H35N5O4. The molecule has 0 aliphatic carbocycles. The predicted molar refractivity (Wildman–Crippen MR) is 123 cm³/mol. The van der Waals surface area contributed by atoms with Gasteiger partial charge in [0, 0.05) is 38.4 Å². The lowest BCUT2D eigenvalue weighted by atomic mass is 10.2. The van der Waals surface area contributed by atoms with Gasteiger partial charge >= 0.3 is 0 Å². The van der Waals surface area contributed by atoms with Crippen LogP contribution in [0.15, 0.2) is 33.8 Å². The predicted octanol–water partition coefficient (Wildman–Crippen LogP) is 3.35. The Bertz CT molecular complexity index is 816. The Balaban J connectivity index is 1.47. The number of rotatable bonds is 12. The van der Waals surface area contributed by atoms with Gasteiger partial charge in [0.2, 0.25) is 5.89 Å². The zero-order valence-corrected chi connectivity index (χ0v) is 19.3. The van der Waals surface area contributed by atoms with Gasteiger partial charge in [-0.2, -0.15) is 4.98 Å². The molecule has 32 heavy (non-hydrogen) atoms. The first kappa shape index (κ1) is 24.0. The molecule has 9 heteroatoms. The maximum Gasteiger partial charge on any atom is 0.228 e. The molecule has 2 heterocycles. The van der Waals surface area contributed by atoms with Gasteiger partial charge in [-0.05, 0) is 64.3 Å². The molecule has 0 bridgehead atoms. The van der Waals surface area contributed by atoms with Gasteiger partial charge in [0.05, 0.1) is 18.8 Å². The fourth-order valence-electron chi connectivity index (χ4n) is 3.24. The third-order valence-electron chi connectivity index (χ3n) is 4.73. The summed E-state index contributed by atoms with van der Waals surface area (Å²) in [5.41, 5.74) is 0.927. The third-order valence-corrected chi connectivity index (χ3v) is 4.73. The molecule has 3 rings (SSSR count). The Labute approximate surface area is 189 Å². The van der Waals surface area contributed by atoms with Crippen molar-refractivity contribution in [2.45, 2.75) is 58.7 Å². The lowest BCUT2D eigenvalue weighted by molar-refractivity contribution is 0.0171. The van der Waals surface area contributed by atoms with Gasteiger partial charge in [0.15, 0.2) is 11.8 Å². The number of hydrogen-bond acceptors (Lipinski definition) is 7. The standard InChI is InChI=1S/C23H35N5O4/c1-17(2)31-20-9-7-19(8-10-20)27-23(25-13-11-22-26-18(3)28-32-22)24-12-5-14-29-16-21-6-4-15-30-21/h7-10,17,21H,4-6,11-16H2,1-3H3,(H2,24,25,27). The summed E-state index contributed by atoms with van der Waals surface area (Å²) in [6, 6.07) is 7.84. The molecule has 9 nitrogen and oxygen atoms in total. The minimum Gasteiger partial charge on any atom is -0.491 e. The van der Waals surface area contributed by atoms with E-state index in [1.54, 1.807) is 0 Å². The van der Waals surface area contributed by atoms with Crippen molar-refractivity contribution in [1.29, 1.82) is 0 Å². The van der Waals surface area contributed by atoms with Crippen LogP contribution in [0.3, 0.4) is 0 Å². The quantitative estimate of drug-likeness (QED) is 0.291. The maximum atomic E-state index is 5.73. The lowest BCUT2D eigenvalue weighted by Gasteiger charge is -2.14. The van der Waals surface area contributed by atoms with Crippen LogP contribution >= 0.6 is 0 Å². The molecule has 1 aliphatic heterocycles. The summed E-state index contributed by atoms with van der Waals surface area (Å²) in [7, 11) is 0. The van der Waals surface area contributed by atoms with Gasteiger partial charge in [-0.1, -0.05) is 5.16 Å². The van der Waals surface area contributed by atoms with E-state index in [-0.39, 0.29) is 12.2 Å². The van der Waals surface area contributed by atoms with Crippen LogP contribution in [0.4, 0.5) is 5.69 Å². The van der Waals surface area contributed by atoms with Crippen molar-refractivity contribution in [1.82, 2.24) is 15.5 Å². The lowest BCUT2D eigenvalue weighted by Crippen LogP contribution is -2.32. The van der Waals surface area contributed by atoms with Crippen LogP contribution in [-0.2, 0) is 15.9 Å². The van der Waals surface area contributed by atoms with Crippen molar-refractivity contribution in [3.05, 3.63) is 36.0 Å². The molecule has 1 aromatic carbocycles. The molecule has 1 atom stereocenters. The summed E-state index contributed by atoms with van der Waals surface area (Å²) in [6.45, 7) is 9.29.